The fourth-order valence-electron chi connectivity index (χ4n) is 3.56. The molecule has 0 aliphatic carbocycles. The number of fused-ring (bicyclic) bond motifs is 2. The van der Waals surface area contributed by atoms with Crippen LogP contribution >= 0.6 is 22.9 Å². The summed E-state index contributed by atoms with van der Waals surface area (Å²) < 4.78 is 6.94. The van der Waals surface area contributed by atoms with E-state index in [-0.39, 0.29) is 5.91 Å². The minimum Gasteiger partial charge on any atom is -0.451 e. The Morgan fingerprint density at radius 3 is 2.75 bits per heavy atom. The van der Waals surface area contributed by atoms with E-state index >= 15 is 0 Å². The van der Waals surface area contributed by atoms with Crippen LogP contribution in [0.1, 0.15) is 15.6 Å². The molecule has 1 amide bonds. The van der Waals surface area contributed by atoms with Gasteiger partial charge in [-0.15, -0.1) is 11.3 Å². The molecule has 0 unspecified atom stereocenters. The molecule has 0 radical (unpaired) electrons. The van der Waals surface area contributed by atoms with E-state index in [0.717, 1.165) is 35.5 Å². The summed E-state index contributed by atoms with van der Waals surface area (Å²) in [6.07, 6.45) is 0. The Labute approximate surface area is 171 Å². The van der Waals surface area contributed by atoms with Crippen molar-refractivity contribution in [2.75, 3.05) is 26.2 Å². The van der Waals surface area contributed by atoms with Gasteiger partial charge in [-0.2, -0.15) is 0 Å². The molecule has 0 saturated carbocycles. The van der Waals surface area contributed by atoms with Crippen LogP contribution in [-0.4, -0.2) is 46.9 Å². The van der Waals surface area contributed by atoms with E-state index in [2.05, 4.69) is 11.0 Å². The van der Waals surface area contributed by atoms with Gasteiger partial charge in [0.15, 0.2) is 5.76 Å². The van der Waals surface area contributed by atoms with Crippen LogP contribution in [0, 0.1) is 0 Å². The summed E-state index contributed by atoms with van der Waals surface area (Å²) in [7, 11) is 0. The highest BCUT2D eigenvalue weighted by Crippen LogP contribution is 2.25. The number of hydrogen-bond donors (Lipinski definition) is 0. The van der Waals surface area contributed by atoms with Crippen LogP contribution in [0.4, 0.5) is 0 Å². The molecule has 1 aliphatic rings. The van der Waals surface area contributed by atoms with Gasteiger partial charge in [-0.25, -0.2) is 4.98 Å². The van der Waals surface area contributed by atoms with Crippen molar-refractivity contribution in [3.8, 4) is 0 Å². The predicted molar refractivity (Wildman–Crippen MR) is 112 cm³/mol. The average molecular weight is 412 g/mol. The molecule has 2 aromatic carbocycles. The normalized spacial score (nSPS) is 15.5. The van der Waals surface area contributed by atoms with Crippen LogP contribution < -0.4 is 0 Å². The summed E-state index contributed by atoms with van der Waals surface area (Å²) in [4.78, 5) is 21.7. The monoisotopic (exact) mass is 411 g/mol. The van der Waals surface area contributed by atoms with Crippen LogP contribution in [0.3, 0.4) is 0 Å². The van der Waals surface area contributed by atoms with E-state index in [0.29, 0.717) is 29.5 Å². The molecule has 1 aliphatic heterocycles. The quantitative estimate of drug-likeness (QED) is 0.492. The fourth-order valence-corrected chi connectivity index (χ4v) is 4.75. The van der Waals surface area contributed by atoms with Gasteiger partial charge in [-0.05, 0) is 36.4 Å². The first-order chi connectivity index (χ1) is 13.7. The molecule has 4 aromatic rings. The van der Waals surface area contributed by atoms with Gasteiger partial charge in [0.1, 0.15) is 10.6 Å². The number of amides is 1. The molecular weight excluding hydrogens is 394 g/mol. The number of hydrogen-bond acceptors (Lipinski definition) is 5. The number of carbonyl (C=O) groups excluding carboxylic acids is 1. The van der Waals surface area contributed by atoms with Crippen molar-refractivity contribution in [2.45, 2.75) is 6.54 Å². The van der Waals surface area contributed by atoms with E-state index < -0.39 is 0 Å². The van der Waals surface area contributed by atoms with Crippen molar-refractivity contribution in [1.29, 1.82) is 0 Å². The Balaban J connectivity index is 1.24. The van der Waals surface area contributed by atoms with Crippen molar-refractivity contribution < 1.29 is 9.21 Å². The van der Waals surface area contributed by atoms with E-state index in [9.17, 15) is 4.79 Å². The Hall–Kier alpha value is -2.41. The van der Waals surface area contributed by atoms with Crippen LogP contribution in [0.25, 0.3) is 21.2 Å². The summed E-state index contributed by atoms with van der Waals surface area (Å²) in [5.41, 5.74) is 1.74. The number of benzene rings is 2. The molecule has 2 aromatic heterocycles. The number of carbonyl (C=O) groups is 1. The zero-order chi connectivity index (χ0) is 19.1. The van der Waals surface area contributed by atoms with Crippen molar-refractivity contribution >= 4 is 50.0 Å². The molecule has 5 nitrogen and oxygen atoms in total. The van der Waals surface area contributed by atoms with Gasteiger partial charge >= 0.3 is 0 Å². The van der Waals surface area contributed by atoms with E-state index in [1.807, 2.05) is 29.2 Å². The van der Waals surface area contributed by atoms with E-state index in [1.165, 1.54) is 4.70 Å². The van der Waals surface area contributed by atoms with Crippen molar-refractivity contribution in [3.63, 3.8) is 0 Å². The Morgan fingerprint density at radius 2 is 1.93 bits per heavy atom. The van der Waals surface area contributed by atoms with Gasteiger partial charge in [0.05, 0.1) is 16.8 Å². The Bertz CT molecular complexity index is 1130. The highest BCUT2D eigenvalue weighted by Gasteiger charge is 2.25. The van der Waals surface area contributed by atoms with Gasteiger partial charge in [0.25, 0.3) is 5.91 Å². The number of nitrogens with zero attached hydrogens (tertiary/aromatic N) is 3. The van der Waals surface area contributed by atoms with Gasteiger partial charge in [-0.3, -0.25) is 9.69 Å². The molecule has 0 bridgehead atoms. The highest BCUT2D eigenvalue weighted by atomic mass is 35.5. The molecular formula is C21H18ClN3O2S. The maximum absolute atomic E-state index is 12.8. The van der Waals surface area contributed by atoms with Gasteiger partial charge in [-0.1, -0.05) is 23.7 Å². The molecule has 7 heteroatoms. The maximum Gasteiger partial charge on any atom is 0.289 e. The second kappa shape index (κ2) is 7.20. The summed E-state index contributed by atoms with van der Waals surface area (Å²) in [5.74, 6) is 0.309. The number of aromatic nitrogens is 1. The lowest BCUT2D eigenvalue weighted by Gasteiger charge is -2.33. The smallest absolute Gasteiger partial charge is 0.289 e. The average Bonchev–Trinajstić information content (AvgIpc) is 3.31. The third kappa shape index (κ3) is 3.39. The highest BCUT2D eigenvalue weighted by molar-refractivity contribution is 7.18. The molecule has 1 fully saturated rings. The van der Waals surface area contributed by atoms with Crippen molar-refractivity contribution in [1.82, 2.24) is 14.8 Å². The molecule has 0 N–H and O–H groups in total. The molecule has 142 valence electrons. The van der Waals surface area contributed by atoms with Gasteiger partial charge < -0.3 is 9.32 Å². The molecule has 5 rings (SSSR count). The van der Waals surface area contributed by atoms with Crippen LogP contribution in [0.2, 0.25) is 5.02 Å². The SMILES string of the molecule is O=C(c1cc2cc(Cl)ccc2o1)N1CCN(Cc2nc3ccccc3s2)CC1. The molecule has 28 heavy (non-hydrogen) atoms. The molecule has 0 spiro atoms. The van der Waals surface area contributed by atoms with Gasteiger partial charge in [0.2, 0.25) is 0 Å². The Morgan fingerprint density at radius 1 is 1.11 bits per heavy atom. The zero-order valence-corrected chi connectivity index (χ0v) is 16.7. The minimum atomic E-state index is -0.0630. The first kappa shape index (κ1) is 17.7. The van der Waals surface area contributed by atoms with E-state index in [4.69, 9.17) is 21.0 Å². The topological polar surface area (TPSA) is 49.6 Å². The Kier molecular flexibility index (Phi) is 4.55. The number of furan rings is 1. The van der Waals surface area contributed by atoms with Crippen molar-refractivity contribution in [2.24, 2.45) is 0 Å². The lowest BCUT2D eigenvalue weighted by atomic mass is 10.2. The second-order valence-corrected chi connectivity index (χ2v) is 8.49. The molecule has 0 atom stereocenters. The number of rotatable bonds is 3. The number of halogens is 1. The maximum atomic E-state index is 12.8. The van der Waals surface area contributed by atoms with Gasteiger partial charge in [0, 0.05) is 36.6 Å². The standard InChI is InChI=1S/C21H18ClN3O2S/c22-15-5-6-17-14(11-15)12-18(27-17)21(26)25-9-7-24(8-10-25)13-20-23-16-3-1-2-4-19(16)28-20/h1-6,11-12H,7-10,13H2. The number of piperazine rings is 1. The lowest BCUT2D eigenvalue weighted by molar-refractivity contribution is 0.0600. The fraction of sp³-hybridized carbons (Fsp3) is 0.238. The number of thiazole rings is 1. The largest absolute Gasteiger partial charge is 0.451 e. The molecule has 1 saturated heterocycles. The summed E-state index contributed by atoms with van der Waals surface area (Å²) in [5, 5.41) is 2.61. The molecule has 3 heterocycles. The van der Waals surface area contributed by atoms with Crippen LogP contribution in [0.15, 0.2) is 52.9 Å². The predicted octanol–water partition coefficient (Wildman–Crippen LogP) is 4.65. The summed E-state index contributed by atoms with van der Waals surface area (Å²) in [6.45, 7) is 3.84. The minimum absolute atomic E-state index is 0.0630. The second-order valence-electron chi connectivity index (χ2n) is 6.94. The first-order valence-corrected chi connectivity index (χ1v) is 10.4. The van der Waals surface area contributed by atoms with E-state index in [1.54, 1.807) is 29.5 Å². The van der Waals surface area contributed by atoms with Crippen molar-refractivity contribution in [3.05, 3.63) is 64.3 Å². The first-order valence-electron chi connectivity index (χ1n) is 9.21. The third-order valence-electron chi connectivity index (χ3n) is 5.05. The number of para-hydroxylation sites is 1. The third-order valence-corrected chi connectivity index (χ3v) is 6.30. The summed E-state index contributed by atoms with van der Waals surface area (Å²) in [6, 6.07) is 15.4. The summed E-state index contributed by atoms with van der Waals surface area (Å²) >= 11 is 7.76. The zero-order valence-electron chi connectivity index (χ0n) is 15.1. The lowest BCUT2D eigenvalue weighted by Crippen LogP contribution is -2.48. The van der Waals surface area contributed by atoms with Crippen LogP contribution in [-0.2, 0) is 6.54 Å². The van der Waals surface area contributed by atoms with Crippen LogP contribution in [0.5, 0.6) is 0 Å².